The molecule has 0 bridgehead atoms. The van der Waals surface area contributed by atoms with E-state index < -0.39 is 0 Å². The summed E-state index contributed by atoms with van der Waals surface area (Å²) in [6.07, 6.45) is 4.31. The van der Waals surface area contributed by atoms with Gasteiger partial charge in [0.05, 0.1) is 5.69 Å². The van der Waals surface area contributed by atoms with Crippen molar-refractivity contribution in [2.45, 2.75) is 25.6 Å². The molecule has 5 heteroatoms. The third-order valence-corrected chi connectivity index (χ3v) is 2.20. The number of aromatic nitrogens is 4. The Morgan fingerprint density at radius 3 is 3.00 bits per heavy atom. The molecule has 0 aromatic carbocycles. The molecule has 0 amide bonds. The number of halogens is 1. The van der Waals surface area contributed by atoms with Gasteiger partial charge >= 0.3 is 0 Å². The van der Waals surface area contributed by atoms with Crippen molar-refractivity contribution in [2.75, 3.05) is 0 Å². The van der Waals surface area contributed by atoms with Crippen LogP contribution in [0.15, 0.2) is 12.4 Å². The minimum absolute atomic E-state index is 0.0608. The lowest BCUT2D eigenvalue weighted by Gasteiger charge is -2.03. The van der Waals surface area contributed by atoms with Crippen molar-refractivity contribution >= 4 is 17.2 Å². The predicted octanol–water partition coefficient (Wildman–Crippen LogP) is 1.60. The molecule has 2 heterocycles. The molecule has 0 aliphatic heterocycles. The van der Waals surface area contributed by atoms with Crippen LogP contribution >= 0.6 is 11.6 Å². The van der Waals surface area contributed by atoms with E-state index in [4.69, 9.17) is 11.6 Å². The standard InChI is InChI=1S/C9H11ClN4/c1-6(10)5-8-9-13-12-7(2)14(9)4-3-11-8/h3-4,6H,5H2,1-2H3. The molecule has 1 unspecified atom stereocenters. The first-order chi connectivity index (χ1) is 6.68. The molecule has 74 valence electrons. The molecule has 0 aliphatic rings. The highest BCUT2D eigenvalue weighted by Crippen LogP contribution is 2.11. The number of fused-ring (bicyclic) bond motifs is 1. The molecule has 0 radical (unpaired) electrons. The Morgan fingerprint density at radius 2 is 2.29 bits per heavy atom. The van der Waals surface area contributed by atoms with Crippen LogP contribution in [0.25, 0.3) is 5.65 Å². The van der Waals surface area contributed by atoms with E-state index in [9.17, 15) is 0 Å². The van der Waals surface area contributed by atoms with Gasteiger partial charge in [0, 0.05) is 24.2 Å². The van der Waals surface area contributed by atoms with Gasteiger partial charge in [-0.25, -0.2) is 0 Å². The minimum atomic E-state index is 0.0608. The van der Waals surface area contributed by atoms with E-state index in [1.165, 1.54) is 0 Å². The van der Waals surface area contributed by atoms with E-state index in [1.807, 2.05) is 24.4 Å². The summed E-state index contributed by atoms with van der Waals surface area (Å²) in [5.41, 5.74) is 1.70. The van der Waals surface area contributed by atoms with Crippen molar-refractivity contribution in [3.05, 3.63) is 23.9 Å². The number of aryl methyl sites for hydroxylation is 1. The Labute approximate surface area is 86.9 Å². The van der Waals surface area contributed by atoms with E-state index in [1.54, 1.807) is 6.20 Å². The number of rotatable bonds is 2. The van der Waals surface area contributed by atoms with Gasteiger partial charge < -0.3 is 0 Å². The van der Waals surface area contributed by atoms with Crippen LogP contribution in [-0.2, 0) is 6.42 Å². The summed E-state index contributed by atoms with van der Waals surface area (Å²) in [6, 6.07) is 0. The Bertz CT molecular complexity index is 449. The van der Waals surface area contributed by atoms with Crippen molar-refractivity contribution in [2.24, 2.45) is 0 Å². The molecule has 2 aromatic rings. The van der Waals surface area contributed by atoms with Crippen molar-refractivity contribution in [3.63, 3.8) is 0 Å². The molecule has 1 atom stereocenters. The predicted molar refractivity (Wildman–Crippen MR) is 54.5 cm³/mol. The lowest BCUT2D eigenvalue weighted by molar-refractivity contribution is 0.879. The summed E-state index contributed by atoms with van der Waals surface area (Å²) in [7, 11) is 0. The van der Waals surface area contributed by atoms with E-state index >= 15 is 0 Å². The van der Waals surface area contributed by atoms with Crippen LogP contribution in [0.2, 0.25) is 0 Å². The second-order valence-corrected chi connectivity index (χ2v) is 4.04. The van der Waals surface area contributed by atoms with Crippen LogP contribution in [0.3, 0.4) is 0 Å². The lowest BCUT2D eigenvalue weighted by Crippen LogP contribution is -2.03. The fourth-order valence-electron chi connectivity index (χ4n) is 1.40. The van der Waals surface area contributed by atoms with Crippen LogP contribution in [0, 0.1) is 6.92 Å². The highest BCUT2D eigenvalue weighted by Gasteiger charge is 2.09. The molecule has 2 rings (SSSR count). The van der Waals surface area contributed by atoms with Crippen molar-refractivity contribution in [1.29, 1.82) is 0 Å². The van der Waals surface area contributed by atoms with Gasteiger partial charge in [0.25, 0.3) is 0 Å². The molecular formula is C9H11ClN4. The Morgan fingerprint density at radius 1 is 1.50 bits per heavy atom. The average Bonchev–Trinajstić information content (AvgIpc) is 2.49. The van der Waals surface area contributed by atoms with Gasteiger partial charge in [0.15, 0.2) is 5.65 Å². The summed E-state index contributed by atoms with van der Waals surface area (Å²) >= 11 is 5.92. The second kappa shape index (κ2) is 3.53. The molecule has 14 heavy (non-hydrogen) atoms. The third kappa shape index (κ3) is 1.57. The van der Waals surface area contributed by atoms with Gasteiger partial charge in [0.1, 0.15) is 5.82 Å². The molecule has 0 N–H and O–H groups in total. The molecule has 0 saturated heterocycles. The first kappa shape index (κ1) is 9.40. The van der Waals surface area contributed by atoms with Crippen LogP contribution in [0.4, 0.5) is 0 Å². The zero-order valence-corrected chi connectivity index (χ0v) is 8.86. The van der Waals surface area contributed by atoms with Gasteiger partial charge in [-0.1, -0.05) is 0 Å². The summed E-state index contributed by atoms with van der Waals surface area (Å²) in [5, 5.41) is 8.12. The van der Waals surface area contributed by atoms with E-state index in [-0.39, 0.29) is 5.38 Å². The SMILES string of the molecule is Cc1nnc2c(CC(C)Cl)nccn12. The molecule has 0 spiro atoms. The number of nitrogens with zero attached hydrogens (tertiary/aromatic N) is 4. The van der Waals surface area contributed by atoms with Gasteiger partial charge in [0.2, 0.25) is 0 Å². The largest absolute Gasteiger partial charge is 0.284 e. The van der Waals surface area contributed by atoms with Crippen LogP contribution in [0.1, 0.15) is 18.4 Å². The third-order valence-electron chi connectivity index (χ3n) is 2.05. The minimum Gasteiger partial charge on any atom is -0.284 e. The van der Waals surface area contributed by atoms with Crippen LogP contribution < -0.4 is 0 Å². The maximum absolute atomic E-state index is 5.92. The monoisotopic (exact) mass is 210 g/mol. The summed E-state index contributed by atoms with van der Waals surface area (Å²) in [5.74, 6) is 0.867. The number of hydrogen-bond acceptors (Lipinski definition) is 3. The quantitative estimate of drug-likeness (QED) is 0.708. The Kier molecular flexibility index (Phi) is 2.37. The Hall–Kier alpha value is -1.16. The first-order valence-corrected chi connectivity index (χ1v) is 4.91. The van der Waals surface area contributed by atoms with Crippen molar-refractivity contribution in [1.82, 2.24) is 19.6 Å². The first-order valence-electron chi connectivity index (χ1n) is 4.48. The molecule has 2 aromatic heterocycles. The molecule has 0 saturated carbocycles. The number of hydrogen-bond donors (Lipinski definition) is 0. The fourth-order valence-corrected chi connectivity index (χ4v) is 1.55. The average molecular weight is 211 g/mol. The van der Waals surface area contributed by atoms with Gasteiger partial charge in [-0.15, -0.1) is 21.8 Å². The fraction of sp³-hybridized carbons (Fsp3) is 0.444. The van der Waals surface area contributed by atoms with Crippen molar-refractivity contribution in [3.8, 4) is 0 Å². The highest BCUT2D eigenvalue weighted by molar-refractivity contribution is 6.20. The highest BCUT2D eigenvalue weighted by atomic mass is 35.5. The number of alkyl halides is 1. The molecule has 4 nitrogen and oxygen atoms in total. The molecule has 0 fully saturated rings. The zero-order valence-electron chi connectivity index (χ0n) is 8.11. The van der Waals surface area contributed by atoms with E-state index in [0.29, 0.717) is 6.42 Å². The second-order valence-electron chi connectivity index (χ2n) is 3.30. The van der Waals surface area contributed by atoms with Crippen LogP contribution in [-0.4, -0.2) is 25.0 Å². The summed E-state index contributed by atoms with van der Waals surface area (Å²) < 4.78 is 1.92. The van der Waals surface area contributed by atoms with E-state index in [2.05, 4.69) is 15.2 Å². The maximum atomic E-state index is 5.92. The van der Waals surface area contributed by atoms with E-state index in [0.717, 1.165) is 17.2 Å². The smallest absolute Gasteiger partial charge is 0.182 e. The van der Waals surface area contributed by atoms with Gasteiger partial charge in [-0.2, -0.15) is 0 Å². The van der Waals surface area contributed by atoms with Crippen molar-refractivity contribution < 1.29 is 0 Å². The molecular weight excluding hydrogens is 200 g/mol. The normalized spacial score (nSPS) is 13.4. The maximum Gasteiger partial charge on any atom is 0.182 e. The zero-order chi connectivity index (χ0) is 10.1. The van der Waals surface area contributed by atoms with Gasteiger partial charge in [-0.3, -0.25) is 9.38 Å². The summed E-state index contributed by atoms with van der Waals surface area (Å²) in [4.78, 5) is 4.25. The Balaban J connectivity index is 2.54. The van der Waals surface area contributed by atoms with Crippen LogP contribution in [0.5, 0.6) is 0 Å². The van der Waals surface area contributed by atoms with Gasteiger partial charge in [-0.05, 0) is 13.8 Å². The summed E-state index contributed by atoms with van der Waals surface area (Å²) in [6.45, 7) is 3.85. The molecule has 0 aliphatic carbocycles. The lowest BCUT2D eigenvalue weighted by atomic mass is 10.2. The topological polar surface area (TPSA) is 43.1 Å².